The fourth-order valence-corrected chi connectivity index (χ4v) is 4.30. The van der Waals surface area contributed by atoms with Gasteiger partial charge in [-0.25, -0.2) is 9.97 Å². The minimum atomic E-state index is -0.103. The van der Waals surface area contributed by atoms with Crippen molar-refractivity contribution < 1.29 is 9.53 Å². The Bertz CT molecular complexity index is 594. The van der Waals surface area contributed by atoms with E-state index in [1.165, 1.54) is 0 Å². The van der Waals surface area contributed by atoms with Gasteiger partial charge in [-0.05, 0) is 38.7 Å². The zero-order valence-corrected chi connectivity index (χ0v) is 17.0. The minimum absolute atomic E-state index is 0.103. The van der Waals surface area contributed by atoms with Crippen LogP contribution in [0.4, 0.5) is 5.95 Å². The van der Waals surface area contributed by atoms with Crippen molar-refractivity contribution in [3.8, 4) is 0 Å². The van der Waals surface area contributed by atoms with Crippen molar-refractivity contribution in [1.82, 2.24) is 20.2 Å². The zero-order chi connectivity index (χ0) is 19.4. The van der Waals surface area contributed by atoms with E-state index in [-0.39, 0.29) is 36.1 Å². The average molecular weight is 376 g/mol. The molecule has 1 aromatic rings. The lowest BCUT2D eigenvalue weighted by Crippen LogP contribution is -2.58. The van der Waals surface area contributed by atoms with Gasteiger partial charge < -0.3 is 15.0 Å². The van der Waals surface area contributed by atoms with Crippen molar-refractivity contribution >= 4 is 11.9 Å². The van der Waals surface area contributed by atoms with Crippen molar-refractivity contribution in [2.45, 2.75) is 64.8 Å². The molecule has 0 spiro atoms. The van der Waals surface area contributed by atoms with Gasteiger partial charge in [-0.2, -0.15) is 0 Å². The van der Waals surface area contributed by atoms with Crippen molar-refractivity contribution in [3.63, 3.8) is 0 Å². The third-order valence-corrected chi connectivity index (χ3v) is 5.42. The quantitative estimate of drug-likeness (QED) is 0.845. The summed E-state index contributed by atoms with van der Waals surface area (Å²) >= 11 is 0. The van der Waals surface area contributed by atoms with Crippen LogP contribution in [0.2, 0.25) is 0 Å². The van der Waals surface area contributed by atoms with Gasteiger partial charge in [-0.15, -0.1) is 0 Å². The summed E-state index contributed by atoms with van der Waals surface area (Å²) in [5.41, 5.74) is 0. The standard InChI is InChI=1S/C20H33N5O2/c1-14(2)18(25-12-15(3)27-16(4)13-25)19(26)23-17-6-10-24(11-7-17)20-21-8-5-9-22-20/h5,8-9,14-18H,6-7,10-13H2,1-4H3,(H,23,26)/t15-,16+,18-/m0/s1. The van der Waals surface area contributed by atoms with Crippen LogP contribution in [-0.4, -0.2) is 71.2 Å². The molecule has 7 heteroatoms. The lowest BCUT2D eigenvalue weighted by atomic mass is 9.98. The molecular weight excluding hydrogens is 342 g/mol. The van der Waals surface area contributed by atoms with Crippen molar-refractivity contribution in [3.05, 3.63) is 18.5 Å². The van der Waals surface area contributed by atoms with E-state index in [0.717, 1.165) is 45.0 Å². The molecule has 27 heavy (non-hydrogen) atoms. The van der Waals surface area contributed by atoms with Gasteiger partial charge in [0.1, 0.15) is 0 Å². The number of hydrogen-bond donors (Lipinski definition) is 1. The van der Waals surface area contributed by atoms with E-state index in [2.05, 4.69) is 52.8 Å². The van der Waals surface area contributed by atoms with E-state index in [4.69, 9.17) is 4.74 Å². The summed E-state index contributed by atoms with van der Waals surface area (Å²) in [6.45, 7) is 11.8. The molecular formula is C20H33N5O2. The highest BCUT2D eigenvalue weighted by atomic mass is 16.5. The summed E-state index contributed by atoms with van der Waals surface area (Å²) in [4.78, 5) is 26.2. The number of rotatable bonds is 5. The predicted octanol–water partition coefficient (Wildman–Crippen LogP) is 1.70. The van der Waals surface area contributed by atoms with Crippen LogP contribution in [0.3, 0.4) is 0 Å². The number of nitrogens with zero attached hydrogens (tertiary/aromatic N) is 4. The van der Waals surface area contributed by atoms with Crippen LogP contribution in [0.15, 0.2) is 18.5 Å². The fourth-order valence-electron chi connectivity index (χ4n) is 4.30. The lowest BCUT2D eigenvalue weighted by Gasteiger charge is -2.41. The second-order valence-electron chi connectivity index (χ2n) is 8.22. The van der Waals surface area contributed by atoms with Gasteiger partial charge in [0.05, 0.1) is 18.2 Å². The first-order valence-corrected chi connectivity index (χ1v) is 10.2. The Kier molecular flexibility index (Phi) is 6.65. The van der Waals surface area contributed by atoms with Crippen LogP contribution >= 0.6 is 0 Å². The third kappa shape index (κ3) is 5.17. The van der Waals surface area contributed by atoms with Crippen LogP contribution in [0, 0.1) is 5.92 Å². The second-order valence-corrected chi connectivity index (χ2v) is 8.22. The largest absolute Gasteiger partial charge is 0.373 e. The molecule has 3 rings (SSSR count). The van der Waals surface area contributed by atoms with E-state index in [1.54, 1.807) is 12.4 Å². The molecule has 0 aliphatic carbocycles. The summed E-state index contributed by atoms with van der Waals surface area (Å²) in [6, 6.07) is 1.94. The first-order valence-electron chi connectivity index (χ1n) is 10.2. The first kappa shape index (κ1) is 20.0. The van der Waals surface area contributed by atoms with Crippen molar-refractivity contribution in [1.29, 1.82) is 0 Å². The number of piperidine rings is 1. The Morgan fingerprint density at radius 2 is 1.74 bits per heavy atom. The highest BCUT2D eigenvalue weighted by Gasteiger charge is 2.35. The summed E-state index contributed by atoms with van der Waals surface area (Å²) < 4.78 is 5.84. The van der Waals surface area contributed by atoms with Gasteiger partial charge in [-0.3, -0.25) is 9.69 Å². The van der Waals surface area contributed by atoms with E-state index < -0.39 is 0 Å². The number of anilines is 1. The van der Waals surface area contributed by atoms with Gasteiger partial charge in [0, 0.05) is 44.6 Å². The second kappa shape index (κ2) is 8.97. The molecule has 0 unspecified atom stereocenters. The molecule has 1 aromatic heterocycles. The Morgan fingerprint density at radius 3 is 2.30 bits per heavy atom. The molecule has 2 fully saturated rings. The number of hydrogen-bond acceptors (Lipinski definition) is 6. The molecule has 2 aliphatic heterocycles. The molecule has 3 heterocycles. The Hall–Kier alpha value is -1.73. The maximum atomic E-state index is 13.1. The summed E-state index contributed by atoms with van der Waals surface area (Å²) in [5.74, 6) is 1.19. The fraction of sp³-hybridized carbons (Fsp3) is 0.750. The van der Waals surface area contributed by atoms with Crippen LogP contribution < -0.4 is 10.2 Å². The van der Waals surface area contributed by atoms with Gasteiger partial charge >= 0.3 is 0 Å². The van der Waals surface area contributed by atoms with E-state index in [0.29, 0.717) is 0 Å². The molecule has 150 valence electrons. The molecule has 2 aliphatic rings. The predicted molar refractivity (Wildman–Crippen MR) is 106 cm³/mol. The summed E-state index contributed by atoms with van der Waals surface area (Å²) in [6.07, 6.45) is 5.71. The molecule has 0 saturated carbocycles. The smallest absolute Gasteiger partial charge is 0.237 e. The number of carbonyl (C=O) groups excluding carboxylic acids is 1. The number of morpholine rings is 1. The normalized spacial score (nSPS) is 26.2. The number of amides is 1. The van der Waals surface area contributed by atoms with Crippen LogP contribution in [0.1, 0.15) is 40.5 Å². The van der Waals surface area contributed by atoms with Crippen LogP contribution in [0.5, 0.6) is 0 Å². The van der Waals surface area contributed by atoms with Crippen LogP contribution in [0.25, 0.3) is 0 Å². The maximum absolute atomic E-state index is 13.1. The third-order valence-electron chi connectivity index (χ3n) is 5.42. The molecule has 1 amide bonds. The molecule has 1 N–H and O–H groups in total. The van der Waals surface area contributed by atoms with Crippen LogP contribution in [-0.2, 0) is 9.53 Å². The highest BCUT2D eigenvalue weighted by Crippen LogP contribution is 2.20. The van der Waals surface area contributed by atoms with Crippen molar-refractivity contribution in [2.24, 2.45) is 5.92 Å². The zero-order valence-electron chi connectivity index (χ0n) is 17.0. The molecule has 7 nitrogen and oxygen atoms in total. The number of ether oxygens (including phenoxy) is 1. The van der Waals surface area contributed by atoms with Gasteiger partial charge in [-0.1, -0.05) is 13.8 Å². The Balaban J connectivity index is 1.55. The number of aromatic nitrogens is 2. The topological polar surface area (TPSA) is 70.6 Å². The SMILES string of the molecule is CC(C)[C@@H](C(=O)NC1CCN(c2ncccn2)CC1)N1C[C@@H](C)O[C@@H](C)C1. The molecule has 0 aromatic carbocycles. The lowest BCUT2D eigenvalue weighted by molar-refractivity contribution is -0.136. The van der Waals surface area contributed by atoms with E-state index >= 15 is 0 Å². The molecule has 0 bridgehead atoms. The van der Waals surface area contributed by atoms with Crippen molar-refractivity contribution in [2.75, 3.05) is 31.1 Å². The molecule has 2 saturated heterocycles. The highest BCUT2D eigenvalue weighted by molar-refractivity contribution is 5.82. The summed E-state index contributed by atoms with van der Waals surface area (Å²) in [7, 11) is 0. The van der Waals surface area contributed by atoms with E-state index in [9.17, 15) is 4.79 Å². The minimum Gasteiger partial charge on any atom is -0.373 e. The first-order chi connectivity index (χ1) is 12.9. The number of nitrogens with one attached hydrogen (secondary N) is 1. The molecule has 3 atom stereocenters. The Labute approximate surface area is 162 Å². The number of carbonyl (C=O) groups is 1. The van der Waals surface area contributed by atoms with E-state index in [1.807, 2.05) is 6.07 Å². The van der Waals surface area contributed by atoms with Gasteiger partial charge in [0.15, 0.2) is 0 Å². The van der Waals surface area contributed by atoms with Gasteiger partial charge in [0.2, 0.25) is 11.9 Å². The molecule has 0 radical (unpaired) electrons. The summed E-state index contributed by atoms with van der Waals surface area (Å²) in [5, 5.41) is 3.31. The monoisotopic (exact) mass is 375 g/mol. The maximum Gasteiger partial charge on any atom is 0.237 e. The van der Waals surface area contributed by atoms with Gasteiger partial charge in [0.25, 0.3) is 0 Å². The average Bonchev–Trinajstić information content (AvgIpc) is 2.62. The Morgan fingerprint density at radius 1 is 1.15 bits per heavy atom.